The van der Waals surface area contributed by atoms with Crippen LogP contribution in [-0.4, -0.2) is 15.0 Å². The average Bonchev–Trinajstić information content (AvgIpc) is 2.01. The Hall–Kier alpha value is -1.39. The number of rotatable bonds is 2. The molecule has 13 heavy (non-hydrogen) atoms. The second kappa shape index (κ2) is 3.55. The molecule has 0 bridgehead atoms. The Kier molecular flexibility index (Phi) is 2.65. The molecular formula is C8H15N5. The SMILES string of the molecule is CC(C)C(C)c1nc(N)nc(N)n1. The molecule has 0 aromatic carbocycles. The van der Waals surface area contributed by atoms with Crippen molar-refractivity contribution >= 4 is 11.9 Å². The molecule has 1 rings (SSSR count). The molecule has 0 spiro atoms. The predicted molar refractivity (Wildman–Crippen MR) is 51.9 cm³/mol. The second-order valence-corrected chi connectivity index (χ2v) is 3.44. The molecule has 0 aliphatic heterocycles. The van der Waals surface area contributed by atoms with Crippen molar-refractivity contribution in [1.29, 1.82) is 0 Å². The van der Waals surface area contributed by atoms with Gasteiger partial charge in [-0.25, -0.2) is 0 Å². The van der Waals surface area contributed by atoms with Crippen molar-refractivity contribution in [2.45, 2.75) is 26.7 Å². The van der Waals surface area contributed by atoms with Crippen LogP contribution in [0.4, 0.5) is 11.9 Å². The van der Waals surface area contributed by atoms with Crippen LogP contribution in [0.25, 0.3) is 0 Å². The number of aromatic nitrogens is 3. The van der Waals surface area contributed by atoms with Crippen LogP contribution in [0.2, 0.25) is 0 Å². The molecule has 4 N–H and O–H groups in total. The largest absolute Gasteiger partial charge is 0.368 e. The van der Waals surface area contributed by atoms with E-state index in [1.54, 1.807) is 0 Å². The van der Waals surface area contributed by atoms with Crippen LogP contribution in [0.3, 0.4) is 0 Å². The Labute approximate surface area is 77.6 Å². The maximum absolute atomic E-state index is 5.46. The minimum atomic E-state index is 0.190. The molecule has 0 aliphatic rings. The molecule has 1 unspecified atom stereocenters. The van der Waals surface area contributed by atoms with E-state index in [1.165, 1.54) is 0 Å². The van der Waals surface area contributed by atoms with Gasteiger partial charge in [0.1, 0.15) is 5.82 Å². The van der Waals surface area contributed by atoms with Gasteiger partial charge in [-0.2, -0.15) is 15.0 Å². The zero-order valence-corrected chi connectivity index (χ0v) is 8.15. The molecule has 5 nitrogen and oxygen atoms in total. The quantitative estimate of drug-likeness (QED) is 0.704. The summed E-state index contributed by atoms with van der Waals surface area (Å²) in [7, 11) is 0. The fraction of sp³-hybridized carbons (Fsp3) is 0.625. The van der Waals surface area contributed by atoms with Crippen molar-refractivity contribution in [3.8, 4) is 0 Å². The Morgan fingerprint density at radius 1 is 0.923 bits per heavy atom. The first-order valence-electron chi connectivity index (χ1n) is 4.27. The third-order valence-electron chi connectivity index (χ3n) is 2.09. The second-order valence-electron chi connectivity index (χ2n) is 3.44. The fourth-order valence-electron chi connectivity index (χ4n) is 0.929. The zero-order valence-electron chi connectivity index (χ0n) is 8.15. The maximum atomic E-state index is 5.46. The van der Waals surface area contributed by atoms with Crippen molar-refractivity contribution in [1.82, 2.24) is 15.0 Å². The lowest BCUT2D eigenvalue weighted by Gasteiger charge is -2.13. The standard InChI is InChI=1S/C8H15N5/c1-4(2)5(3)6-11-7(9)13-8(10)12-6/h4-5H,1-3H3,(H4,9,10,11,12,13). The average molecular weight is 181 g/mol. The summed E-state index contributed by atoms with van der Waals surface area (Å²) in [4.78, 5) is 11.8. The third-order valence-corrected chi connectivity index (χ3v) is 2.09. The molecule has 1 aromatic rings. The number of nitrogens with two attached hydrogens (primary N) is 2. The first-order chi connectivity index (χ1) is 6.00. The summed E-state index contributed by atoms with van der Waals surface area (Å²) in [5.41, 5.74) is 10.9. The van der Waals surface area contributed by atoms with Crippen LogP contribution in [-0.2, 0) is 0 Å². The highest BCUT2D eigenvalue weighted by atomic mass is 15.1. The van der Waals surface area contributed by atoms with E-state index in [4.69, 9.17) is 11.5 Å². The van der Waals surface area contributed by atoms with Gasteiger partial charge >= 0.3 is 0 Å². The van der Waals surface area contributed by atoms with Gasteiger partial charge in [-0.15, -0.1) is 0 Å². The van der Waals surface area contributed by atoms with Crippen molar-refractivity contribution in [3.63, 3.8) is 0 Å². The summed E-state index contributed by atoms with van der Waals surface area (Å²) in [5, 5.41) is 0. The van der Waals surface area contributed by atoms with Gasteiger partial charge in [0.15, 0.2) is 0 Å². The molecule has 1 atom stereocenters. The molecule has 0 radical (unpaired) electrons. The molecule has 0 amide bonds. The van der Waals surface area contributed by atoms with Gasteiger partial charge in [-0.3, -0.25) is 0 Å². The molecule has 1 aromatic heterocycles. The molecule has 0 fully saturated rings. The van der Waals surface area contributed by atoms with Gasteiger partial charge in [0.2, 0.25) is 11.9 Å². The van der Waals surface area contributed by atoms with E-state index in [-0.39, 0.29) is 17.8 Å². The van der Waals surface area contributed by atoms with Crippen LogP contribution < -0.4 is 11.5 Å². The van der Waals surface area contributed by atoms with Gasteiger partial charge in [0, 0.05) is 5.92 Å². The van der Waals surface area contributed by atoms with Gasteiger partial charge < -0.3 is 11.5 Å². The van der Waals surface area contributed by atoms with Gasteiger partial charge in [-0.05, 0) is 5.92 Å². The van der Waals surface area contributed by atoms with Gasteiger partial charge in [0.05, 0.1) is 0 Å². The minimum absolute atomic E-state index is 0.190. The van der Waals surface area contributed by atoms with Crippen LogP contribution in [0.1, 0.15) is 32.5 Å². The molecule has 1 heterocycles. The van der Waals surface area contributed by atoms with E-state index in [0.717, 1.165) is 0 Å². The molecule has 0 saturated carbocycles. The fourth-order valence-corrected chi connectivity index (χ4v) is 0.929. The molecular weight excluding hydrogens is 166 g/mol. The minimum Gasteiger partial charge on any atom is -0.368 e. The van der Waals surface area contributed by atoms with E-state index in [2.05, 4.69) is 28.8 Å². The summed E-state index contributed by atoms with van der Waals surface area (Å²) in [5.74, 6) is 1.75. The van der Waals surface area contributed by atoms with Crippen LogP contribution in [0.15, 0.2) is 0 Å². The lowest BCUT2D eigenvalue weighted by atomic mass is 9.97. The van der Waals surface area contributed by atoms with Crippen LogP contribution in [0, 0.1) is 5.92 Å². The summed E-state index contributed by atoms with van der Waals surface area (Å²) < 4.78 is 0. The normalized spacial score (nSPS) is 13.2. The molecule has 72 valence electrons. The Balaban J connectivity index is 3.01. The number of hydrogen-bond donors (Lipinski definition) is 2. The predicted octanol–water partition coefficient (Wildman–Crippen LogP) is 0.796. The Morgan fingerprint density at radius 3 is 1.77 bits per heavy atom. The summed E-state index contributed by atoms with van der Waals surface area (Å²) in [6.45, 7) is 6.24. The van der Waals surface area contributed by atoms with E-state index in [1.807, 2.05) is 6.92 Å². The highest BCUT2D eigenvalue weighted by Crippen LogP contribution is 2.20. The number of nitrogen functional groups attached to an aromatic ring is 2. The molecule has 5 heteroatoms. The summed E-state index contributed by atoms with van der Waals surface area (Å²) >= 11 is 0. The Morgan fingerprint density at radius 2 is 1.38 bits per heavy atom. The topological polar surface area (TPSA) is 90.7 Å². The van der Waals surface area contributed by atoms with Gasteiger partial charge in [0.25, 0.3) is 0 Å². The maximum Gasteiger partial charge on any atom is 0.225 e. The van der Waals surface area contributed by atoms with Gasteiger partial charge in [-0.1, -0.05) is 20.8 Å². The monoisotopic (exact) mass is 181 g/mol. The van der Waals surface area contributed by atoms with E-state index >= 15 is 0 Å². The van der Waals surface area contributed by atoms with Crippen molar-refractivity contribution in [2.24, 2.45) is 5.92 Å². The van der Waals surface area contributed by atoms with E-state index < -0.39 is 0 Å². The first-order valence-corrected chi connectivity index (χ1v) is 4.27. The zero-order chi connectivity index (χ0) is 10.0. The highest BCUT2D eigenvalue weighted by Gasteiger charge is 2.14. The van der Waals surface area contributed by atoms with Crippen molar-refractivity contribution < 1.29 is 0 Å². The first kappa shape index (κ1) is 9.70. The summed E-state index contributed by atoms with van der Waals surface area (Å²) in [6.07, 6.45) is 0. The smallest absolute Gasteiger partial charge is 0.225 e. The summed E-state index contributed by atoms with van der Waals surface area (Å²) in [6, 6.07) is 0. The van der Waals surface area contributed by atoms with Crippen molar-refractivity contribution in [3.05, 3.63) is 5.82 Å². The molecule has 0 aliphatic carbocycles. The van der Waals surface area contributed by atoms with Crippen LogP contribution >= 0.6 is 0 Å². The van der Waals surface area contributed by atoms with Crippen molar-refractivity contribution in [2.75, 3.05) is 11.5 Å². The lowest BCUT2D eigenvalue weighted by molar-refractivity contribution is 0.510. The Bertz CT molecular complexity index is 276. The highest BCUT2D eigenvalue weighted by molar-refractivity contribution is 5.26. The van der Waals surface area contributed by atoms with E-state index in [0.29, 0.717) is 11.7 Å². The number of nitrogens with zero attached hydrogens (tertiary/aromatic N) is 3. The van der Waals surface area contributed by atoms with Crippen LogP contribution in [0.5, 0.6) is 0 Å². The molecule has 0 saturated heterocycles. The lowest BCUT2D eigenvalue weighted by Crippen LogP contribution is -2.12. The van der Waals surface area contributed by atoms with E-state index in [9.17, 15) is 0 Å². The third kappa shape index (κ3) is 2.27. The number of anilines is 2. The number of hydrogen-bond acceptors (Lipinski definition) is 5.